The van der Waals surface area contributed by atoms with E-state index in [1.807, 2.05) is 25.7 Å². The highest BCUT2D eigenvalue weighted by Crippen LogP contribution is 2.18. The summed E-state index contributed by atoms with van der Waals surface area (Å²) in [5, 5.41) is 0. The number of hydrogen-bond acceptors (Lipinski definition) is 2. The molecule has 3 nitrogen and oxygen atoms in total. The van der Waals surface area contributed by atoms with Crippen molar-refractivity contribution in [2.75, 3.05) is 13.1 Å². The van der Waals surface area contributed by atoms with Gasteiger partial charge in [0.15, 0.2) is 0 Å². The number of piperidine rings is 1. The summed E-state index contributed by atoms with van der Waals surface area (Å²) in [6, 6.07) is 0. The Kier molecular flexibility index (Phi) is 4.51. The molecule has 1 rings (SSSR count). The topological polar surface area (TPSA) is 37.4 Å². The van der Waals surface area contributed by atoms with Crippen LogP contribution in [-0.4, -0.2) is 29.7 Å². The maximum atomic E-state index is 11.7. The quantitative estimate of drug-likeness (QED) is 0.736. The van der Waals surface area contributed by atoms with Gasteiger partial charge >= 0.3 is 0 Å². The van der Waals surface area contributed by atoms with Crippen LogP contribution in [0.4, 0.5) is 0 Å². The van der Waals surface area contributed by atoms with Gasteiger partial charge in [-0.15, -0.1) is 0 Å². The third kappa shape index (κ3) is 3.95. The Morgan fingerprint density at radius 3 is 2.56 bits per heavy atom. The van der Waals surface area contributed by atoms with Crippen LogP contribution in [0.5, 0.6) is 0 Å². The van der Waals surface area contributed by atoms with E-state index in [4.69, 9.17) is 0 Å². The van der Waals surface area contributed by atoms with Crippen LogP contribution >= 0.6 is 0 Å². The van der Waals surface area contributed by atoms with E-state index in [1.54, 1.807) is 0 Å². The number of carbonyl (C=O) groups is 2. The summed E-state index contributed by atoms with van der Waals surface area (Å²) in [5.74, 6) is 0.548. The Morgan fingerprint density at radius 1 is 1.31 bits per heavy atom. The molecule has 0 unspecified atom stereocenters. The van der Waals surface area contributed by atoms with Crippen molar-refractivity contribution in [1.29, 1.82) is 0 Å². The summed E-state index contributed by atoms with van der Waals surface area (Å²) in [6.45, 7) is 7.47. The third-order valence-electron chi connectivity index (χ3n) is 3.09. The van der Waals surface area contributed by atoms with Crippen LogP contribution in [0.1, 0.15) is 52.9 Å². The van der Waals surface area contributed by atoms with E-state index in [0.29, 0.717) is 12.8 Å². The van der Waals surface area contributed by atoms with Crippen molar-refractivity contribution in [3.8, 4) is 0 Å². The van der Waals surface area contributed by atoms with Crippen LogP contribution in [0.3, 0.4) is 0 Å². The van der Waals surface area contributed by atoms with Crippen LogP contribution in [0.2, 0.25) is 0 Å². The Hall–Kier alpha value is -0.860. The number of Topliss-reactive ketones (excluding diaryl/α,β-unsaturated/α-hetero) is 1. The fraction of sp³-hybridized carbons (Fsp3) is 0.846. The molecule has 0 aromatic heterocycles. The van der Waals surface area contributed by atoms with Gasteiger partial charge < -0.3 is 4.90 Å². The maximum absolute atomic E-state index is 11.7. The van der Waals surface area contributed by atoms with Crippen molar-refractivity contribution < 1.29 is 9.59 Å². The zero-order chi connectivity index (χ0) is 12.2. The lowest BCUT2D eigenvalue weighted by Crippen LogP contribution is -2.36. The van der Waals surface area contributed by atoms with Crippen LogP contribution < -0.4 is 0 Å². The monoisotopic (exact) mass is 225 g/mol. The van der Waals surface area contributed by atoms with Crippen molar-refractivity contribution in [3.63, 3.8) is 0 Å². The first-order valence-corrected chi connectivity index (χ1v) is 6.22. The third-order valence-corrected chi connectivity index (χ3v) is 3.09. The van der Waals surface area contributed by atoms with Crippen LogP contribution in [-0.2, 0) is 9.59 Å². The predicted molar refractivity (Wildman–Crippen MR) is 64.1 cm³/mol. The zero-order valence-corrected chi connectivity index (χ0v) is 10.7. The van der Waals surface area contributed by atoms with E-state index in [1.165, 1.54) is 0 Å². The van der Waals surface area contributed by atoms with E-state index in [2.05, 4.69) is 0 Å². The summed E-state index contributed by atoms with van der Waals surface area (Å²) in [7, 11) is 0. The van der Waals surface area contributed by atoms with Gasteiger partial charge in [-0.25, -0.2) is 0 Å². The van der Waals surface area contributed by atoms with E-state index in [0.717, 1.165) is 32.4 Å². The number of amides is 1. The lowest BCUT2D eigenvalue weighted by molar-refractivity contribution is -0.134. The van der Waals surface area contributed by atoms with E-state index in [-0.39, 0.29) is 17.1 Å². The molecule has 0 aliphatic carbocycles. The molecule has 1 amide bonds. The summed E-state index contributed by atoms with van der Waals surface area (Å²) in [4.78, 5) is 25.1. The average molecular weight is 225 g/mol. The molecular weight excluding hydrogens is 202 g/mol. The number of hydrogen-bond donors (Lipinski definition) is 0. The van der Waals surface area contributed by atoms with E-state index >= 15 is 0 Å². The maximum Gasteiger partial charge on any atom is 0.222 e. The molecule has 1 aliphatic rings. The van der Waals surface area contributed by atoms with Crippen LogP contribution in [0, 0.1) is 5.41 Å². The first-order chi connectivity index (χ1) is 7.41. The van der Waals surface area contributed by atoms with Gasteiger partial charge in [-0.1, -0.05) is 20.8 Å². The predicted octanol–water partition coefficient (Wildman–Crippen LogP) is 2.39. The smallest absolute Gasteiger partial charge is 0.222 e. The number of ketones is 1. The largest absolute Gasteiger partial charge is 0.343 e. The van der Waals surface area contributed by atoms with Crippen molar-refractivity contribution in [2.24, 2.45) is 5.41 Å². The van der Waals surface area contributed by atoms with Gasteiger partial charge in [-0.2, -0.15) is 0 Å². The minimum atomic E-state index is -0.244. The molecule has 0 aromatic rings. The average Bonchev–Trinajstić information content (AvgIpc) is 2.19. The Bertz CT molecular complexity index is 266. The molecule has 1 fully saturated rings. The first kappa shape index (κ1) is 13.2. The Labute approximate surface area is 98.2 Å². The Balaban J connectivity index is 2.25. The highest BCUT2D eigenvalue weighted by molar-refractivity contribution is 5.83. The molecule has 0 saturated carbocycles. The van der Waals surface area contributed by atoms with Gasteiger partial charge in [0.25, 0.3) is 0 Å². The van der Waals surface area contributed by atoms with Crippen molar-refractivity contribution in [2.45, 2.75) is 52.9 Å². The van der Waals surface area contributed by atoms with Crippen LogP contribution in [0.25, 0.3) is 0 Å². The molecule has 0 N–H and O–H groups in total. The van der Waals surface area contributed by atoms with Crippen molar-refractivity contribution in [3.05, 3.63) is 0 Å². The molecular formula is C13H23NO2. The fourth-order valence-electron chi connectivity index (χ4n) is 1.90. The molecule has 0 spiro atoms. The zero-order valence-electron chi connectivity index (χ0n) is 10.7. The minimum absolute atomic E-state index is 0.244. The van der Waals surface area contributed by atoms with Gasteiger partial charge in [0.05, 0.1) is 0 Å². The molecule has 0 bridgehead atoms. The lowest BCUT2D eigenvalue weighted by Gasteiger charge is -2.27. The Morgan fingerprint density at radius 2 is 2.00 bits per heavy atom. The summed E-state index contributed by atoms with van der Waals surface area (Å²) in [6.07, 6.45) is 4.22. The summed E-state index contributed by atoms with van der Waals surface area (Å²) < 4.78 is 0. The summed E-state index contributed by atoms with van der Waals surface area (Å²) in [5.41, 5.74) is -0.244. The molecule has 92 valence electrons. The first-order valence-electron chi connectivity index (χ1n) is 6.22. The molecule has 3 heteroatoms. The number of nitrogens with zero attached hydrogens (tertiary/aromatic N) is 1. The number of carbonyl (C=O) groups excluding carboxylic acids is 2. The molecule has 0 radical (unpaired) electrons. The second-order valence-corrected chi connectivity index (χ2v) is 5.61. The standard InChI is InChI=1S/C13H23NO2/c1-13(2,3)11(15)7-6-10-14-9-5-4-8-12(14)16/h4-10H2,1-3H3. The highest BCUT2D eigenvalue weighted by Gasteiger charge is 2.22. The van der Waals surface area contributed by atoms with Gasteiger partial charge in [0.2, 0.25) is 5.91 Å². The van der Waals surface area contributed by atoms with Gasteiger partial charge in [-0.05, 0) is 19.3 Å². The molecule has 1 saturated heterocycles. The van der Waals surface area contributed by atoms with E-state index in [9.17, 15) is 9.59 Å². The fourth-order valence-corrected chi connectivity index (χ4v) is 1.90. The van der Waals surface area contributed by atoms with Gasteiger partial charge in [0, 0.05) is 31.3 Å². The van der Waals surface area contributed by atoms with E-state index < -0.39 is 0 Å². The van der Waals surface area contributed by atoms with Gasteiger partial charge in [0.1, 0.15) is 5.78 Å². The molecule has 0 aromatic carbocycles. The molecule has 0 atom stereocenters. The second-order valence-electron chi connectivity index (χ2n) is 5.61. The van der Waals surface area contributed by atoms with Crippen LogP contribution in [0.15, 0.2) is 0 Å². The van der Waals surface area contributed by atoms with Crippen molar-refractivity contribution >= 4 is 11.7 Å². The lowest BCUT2D eigenvalue weighted by atomic mass is 9.88. The van der Waals surface area contributed by atoms with Gasteiger partial charge in [-0.3, -0.25) is 9.59 Å². The molecule has 1 aliphatic heterocycles. The molecule has 1 heterocycles. The highest BCUT2D eigenvalue weighted by atomic mass is 16.2. The normalized spacial score (nSPS) is 17.7. The van der Waals surface area contributed by atoms with Crippen molar-refractivity contribution in [1.82, 2.24) is 4.90 Å². The summed E-state index contributed by atoms with van der Waals surface area (Å²) >= 11 is 0. The minimum Gasteiger partial charge on any atom is -0.343 e. The second kappa shape index (κ2) is 5.46. The SMILES string of the molecule is CC(C)(C)C(=O)CCCN1CCCCC1=O. The number of rotatable bonds is 4. The number of likely N-dealkylation sites (tertiary alicyclic amines) is 1. The molecule has 16 heavy (non-hydrogen) atoms.